The Kier molecular flexibility index (Phi) is 4.19. The Labute approximate surface area is 144 Å². The highest BCUT2D eigenvalue weighted by Crippen LogP contribution is 2.43. The molecule has 1 saturated carbocycles. The average Bonchev–Trinajstić information content (AvgIpc) is 3.30. The molecule has 2 bridgehead atoms. The van der Waals surface area contributed by atoms with Crippen LogP contribution in [0.25, 0.3) is 0 Å². The molecule has 1 saturated heterocycles. The zero-order valence-electron chi connectivity index (χ0n) is 13.7. The summed E-state index contributed by atoms with van der Waals surface area (Å²) < 4.78 is 44.2. The number of imidazole rings is 1. The lowest BCUT2D eigenvalue weighted by Crippen LogP contribution is -2.43. The Balaban J connectivity index is 1.44. The third-order valence-electron chi connectivity index (χ3n) is 5.35. The molecule has 0 amide bonds. The van der Waals surface area contributed by atoms with E-state index in [4.69, 9.17) is 4.74 Å². The molecule has 25 heavy (non-hydrogen) atoms. The summed E-state index contributed by atoms with van der Waals surface area (Å²) in [5.41, 5.74) is -0.676. The molecule has 1 N–H and O–H groups in total. The second-order valence-electron chi connectivity index (χ2n) is 6.84. The molecule has 2 aromatic rings. The minimum Gasteiger partial charge on any atom is -0.492 e. The van der Waals surface area contributed by atoms with E-state index in [2.05, 4.69) is 14.9 Å². The van der Waals surface area contributed by atoms with Crippen LogP contribution < -0.4 is 4.74 Å². The Hall–Kier alpha value is -2.02. The number of hydrogen-bond donors (Lipinski definition) is 1. The highest BCUT2D eigenvalue weighted by atomic mass is 19.4. The van der Waals surface area contributed by atoms with Crippen molar-refractivity contribution >= 4 is 0 Å². The summed E-state index contributed by atoms with van der Waals surface area (Å²) in [5, 5.41) is 0. The average molecular weight is 351 g/mol. The van der Waals surface area contributed by atoms with E-state index >= 15 is 0 Å². The molecule has 7 heteroatoms. The number of aromatic nitrogens is 2. The summed E-state index contributed by atoms with van der Waals surface area (Å²) >= 11 is 0. The molecule has 0 radical (unpaired) electrons. The van der Waals surface area contributed by atoms with Crippen molar-refractivity contribution in [2.75, 3.05) is 6.61 Å². The van der Waals surface area contributed by atoms with Gasteiger partial charge in [-0.1, -0.05) is 6.07 Å². The second kappa shape index (κ2) is 6.37. The van der Waals surface area contributed by atoms with E-state index in [0.717, 1.165) is 37.3 Å². The van der Waals surface area contributed by atoms with Crippen LogP contribution in [0.3, 0.4) is 0 Å². The zero-order valence-corrected chi connectivity index (χ0v) is 13.7. The van der Waals surface area contributed by atoms with Crippen molar-refractivity contribution in [3.63, 3.8) is 0 Å². The number of aromatic amines is 1. The van der Waals surface area contributed by atoms with Gasteiger partial charge in [0, 0.05) is 24.5 Å². The molecule has 2 fully saturated rings. The van der Waals surface area contributed by atoms with Gasteiger partial charge >= 0.3 is 6.18 Å². The van der Waals surface area contributed by atoms with Crippen LogP contribution in [0.15, 0.2) is 36.7 Å². The van der Waals surface area contributed by atoms with Crippen molar-refractivity contribution in [1.29, 1.82) is 0 Å². The van der Waals surface area contributed by atoms with Gasteiger partial charge in [0.25, 0.3) is 0 Å². The van der Waals surface area contributed by atoms with Crippen LogP contribution in [0.1, 0.15) is 30.7 Å². The molecule has 1 aromatic heterocycles. The molecule has 2 heterocycles. The number of fused-ring (bicyclic) bond motifs is 2. The first-order valence-corrected chi connectivity index (χ1v) is 8.55. The van der Waals surface area contributed by atoms with Crippen LogP contribution in [0.2, 0.25) is 0 Å². The largest absolute Gasteiger partial charge is 0.492 e. The SMILES string of the molecule is FC(F)(F)c1cccc(OC[C@H]2[C@H]3CC[C@@H](C3)N2Cc2ncc[nH]2)c1. The van der Waals surface area contributed by atoms with Crippen molar-refractivity contribution in [2.24, 2.45) is 5.92 Å². The number of rotatable bonds is 5. The molecule has 2 aliphatic rings. The van der Waals surface area contributed by atoms with Gasteiger partial charge in [0.05, 0.1) is 12.1 Å². The molecular weight excluding hydrogens is 331 g/mol. The van der Waals surface area contributed by atoms with Crippen molar-refractivity contribution in [2.45, 2.75) is 44.1 Å². The number of nitrogens with one attached hydrogen (secondary N) is 1. The maximum absolute atomic E-state index is 12.8. The topological polar surface area (TPSA) is 41.1 Å². The summed E-state index contributed by atoms with van der Waals surface area (Å²) in [6.45, 7) is 1.13. The fourth-order valence-electron chi connectivity index (χ4n) is 4.16. The molecule has 0 unspecified atom stereocenters. The fraction of sp³-hybridized carbons (Fsp3) is 0.500. The highest BCUT2D eigenvalue weighted by molar-refractivity contribution is 5.30. The monoisotopic (exact) mass is 351 g/mol. The van der Waals surface area contributed by atoms with Crippen LogP contribution in [-0.2, 0) is 12.7 Å². The lowest BCUT2D eigenvalue weighted by molar-refractivity contribution is -0.137. The van der Waals surface area contributed by atoms with Gasteiger partial charge in [-0.15, -0.1) is 0 Å². The van der Waals surface area contributed by atoms with Gasteiger partial charge in [-0.2, -0.15) is 13.2 Å². The molecule has 3 atom stereocenters. The van der Waals surface area contributed by atoms with E-state index in [1.165, 1.54) is 12.5 Å². The molecule has 1 aliphatic carbocycles. The predicted molar refractivity (Wildman–Crippen MR) is 86.0 cm³/mol. The number of H-pyrrole nitrogens is 1. The van der Waals surface area contributed by atoms with E-state index in [1.54, 1.807) is 18.5 Å². The van der Waals surface area contributed by atoms with Crippen LogP contribution in [0.5, 0.6) is 5.75 Å². The Morgan fingerprint density at radius 3 is 2.92 bits per heavy atom. The van der Waals surface area contributed by atoms with Crippen LogP contribution in [-0.4, -0.2) is 33.6 Å². The van der Waals surface area contributed by atoms with Gasteiger partial charge in [0.15, 0.2) is 0 Å². The molecule has 4 rings (SSSR count). The van der Waals surface area contributed by atoms with Crippen molar-refractivity contribution in [3.8, 4) is 5.75 Å². The highest BCUT2D eigenvalue weighted by Gasteiger charge is 2.46. The van der Waals surface area contributed by atoms with E-state index in [-0.39, 0.29) is 11.8 Å². The summed E-state index contributed by atoms with van der Waals surface area (Å²) in [7, 11) is 0. The third-order valence-corrected chi connectivity index (χ3v) is 5.35. The zero-order chi connectivity index (χ0) is 17.4. The van der Waals surface area contributed by atoms with Gasteiger partial charge in [-0.3, -0.25) is 4.90 Å². The molecule has 134 valence electrons. The Bertz CT molecular complexity index is 717. The number of piperidine rings is 1. The minimum absolute atomic E-state index is 0.221. The summed E-state index contributed by atoms with van der Waals surface area (Å²) in [6.07, 6.45) is 2.66. The number of alkyl halides is 3. The first kappa shape index (κ1) is 16.4. The third kappa shape index (κ3) is 3.38. The lowest BCUT2D eigenvalue weighted by atomic mass is 9.99. The maximum Gasteiger partial charge on any atom is 0.416 e. The normalized spacial score (nSPS) is 26.3. The van der Waals surface area contributed by atoms with E-state index in [1.807, 2.05) is 0 Å². The standard InChI is InChI=1S/C18H20F3N3O/c19-18(20,21)13-2-1-3-15(9-13)25-11-16-12-4-5-14(8-12)24(16)10-17-22-6-7-23-17/h1-3,6-7,9,12,14,16H,4-5,8,10-11H2,(H,22,23)/t12-,14-,16-/m0/s1. The molecule has 0 spiro atoms. The number of halogens is 3. The van der Waals surface area contributed by atoms with Gasteiger partial charge in [0.2, 0.25) is 0 Å². The van der Waals surface area contributed by atoms with Crippen LogP contribution >= 0.6 is 0 Å². The smallest absolute Gasteiger partial charge is 0.416 e. The van der Waals surface area contributed by atoms with Crippen molar-refractivity contribution in [3.05, 3.63) is 48.0 Å². The van der Waals surface area contributed by atoms with Gasteiger partial charge in [-0.05, 0) is 43.4 Å². The quantitative estimate of drug-likeness (QED) is 0.889. The molecule has 1 aromatic carbocycles. The van der Waals surface area contributed by atoms with Crippen LogP contribution in [0.4, 0.5) is 13.2 Å². The predicted octanol–water partition coefficient (Wildman–Crippen LogP) is 3.86. The van der Waals surface area contributed by atoms with Gasteiger partial charge in [-0.25, -0.2) is 4.98 Å². The lowest BCUT2D eigenvalue weighted by Gasteiger charge is -2.34. The number of nitrogens with zero attached hydrogens (tertiary/aromatic N) is 2. The number of ether oxygens (including phenoxy) is 1. The number of hydrogen-bond acceptors (Lipinski definition) is 3. The van der Waals surface area contributed by atoms with E-state index in [9.17, 15) is 13.2 Å². The maximum atomic E-state index is 12.8. The molecular formula is C18H20F3N3O. The second-order valence-corrected chi connectivity index (χ2v) is 6.84. The van der Waals surface area contributed by atoms with Crippen molar-refractivity contribution in [1.82, 2.24) is 14.9 Å². The van der Waals surface area contributed by atoms with E-state index < -0.39 is 11.7 Å². The Morgan fingerprint density at radius 1 is 1.28 bits per heavy atom. The van der Waals surface area contributed by atoms with Crippen LogP contribution in [0, 0.1) is 5.92 Å². The molecule has 1 aliphatic heterocycles. The van der Waals surface area contributed by atoms with E-state index in [0.29, 0.717) is 18.6 Å². The van der Waals surface area contributed by atoms with Crippen molar-refractivity contribution < 1.29 is 17.9 Å². The number of benzene rings is 1. The first-order valence-electron chi connectivity index (χ1n) is 8.55. The van der Waals surface area contributed by atoms with Gasteiger partial charge in [0.1, 0.15) is 18.2 Å². The Morgan fingerprint density at radius 2 is 2.16 bits per heavy atom. The summed E-state index contributed by atoms with van der Waals surface area (Å²) in [4.78, 5) is 9.80. The first-order chi connectivity index (χ1) is 12.0. The van der Waals surface area contributed by atoms with Gasteiger partial charge < -0.3 is 9.72 Å². The number of likely N-dealkylation sites (tertiary alicyclic amines) is 1. The molecule has 4 nitrogen and oxygen atoms in total. The minimum atomic E-state index is -4.35. The fourth-order valence-corrected chi connectivity index (χ4v) is 4.16. The summed E-state index contributed by atoms with van der Waals surface area (Å²) in [5.74, 6) is 1.73. The summed E-state index contributed by atoms with van der Waals surface area (Å²) in [6, 6.07) is 5.85.